The number of carbonyl (C=O) groups is 2. The van der Waals surface area contributed by atoms with Gasteiger partial charge in [0, 0.05) is 6.08 Å². The van der Waals surface area contributed by atoms with E-state index in [1.807, 2.05) is 0 Å². The summed E-state index contributed by atoms with van der Waals surface area (Å²) in [6, 6.07) is 0. The standard InChI is InChI=1S/C10H13F3O4/c1-4-8(14)16-5-6(2)9(15)17-7(3)10(11,12)13/h4,6-7H,1,5H2,2-3H3. The van der Waals surface area contributed by atoms with E-state index < -0.39 is 30.1 Å². The first-order valence-corrected chi connectivity index (χ1v) is 4.75. The molecule has 0 heterocycles. The largest absolute Gasteiger partial charge is 0.462 e. The molecule has 0 radical (unpaired) electrons. The van der Waals surface area contributed by atoms with Gasteiger partial charge in [-0.3, -0.25) is 4.79 Å². The molecular weight excluding hydrogens is 241 g/mol. The second-order valence-electron chi connectivity index (χ2n) is 3.36. The van der Waals surface area contributed by atoms with E-state index in [1.54, 1.807) is 0 Å². The molecule has 98 valence electrons. The van der Waals surface area contributed by atoms with Crippen LogP contribution in [0.15, 0.2) is 12.7 Å². The number of alkyl halides is 3. The summed E-state index contributed by atoms with van der Waals surface area (Å²) in [5.74, 6) is -2.80. The van der Waals surface area contributed by atoms with Crippen LogP contribution < -0.4 is 0 Å². The first-order valence-electron chi connectivity index (χ1n) is 4.75. The summed E-state index contributed by atoms with van der Waals surface area (Å²) < 4.78 is 44.9. The lowest BCUT2D eigenvalue weighted by atomic mass is 10.2. The van der Waals surface area contributed by atoms with Crippen molar-refractivity contribution in [1.29, 1.82) is 0 Å². The Labute approximate surface area is 96.4 Å². The quantitative estimate of drug-likeness (QED) is 0.555. The van der Waals surface area contributed by atoms with Crippen molar-refractivity contribution in [2.75, 3.05) is 6.61 Å². The molecule has 0 aliphatic rings. The van der Waals surface area contributed by atoms with Crippen molar-refractivity contribution in [2.45, 2.75) is 26.1 Å². The smallest absolute Gasteiger partial charge is 0.425 e. The minimum Gasteiger partial charge on any atom is -0.462 e. The van der Waals surface area contributed by atoms with E-state index in [0.29, 0.717) is 0 Å². The van der Waals surface area contributed by atoms with Crippen molar-refractivity contribution in [3.63, 3.8) is 0 Å². The second kappa shape index (κ2) is 6.27. The van der Waals surface area contributed by atoms with E-state index in [2.05, 4.69) is 16.1 Å². The number of carbonyl (C=O) groups excluding carboxylic acids is 2. The SMILES string of the molecule is C=CC(=O)OCC(C)C(=O)OC(C)C(F)(F)F. The Morgan fingerprint density at radius 2 is 1.88 bits per heavy atom. The van der Waals surface area contributed by atoms with Crippen LogP contribution in [0.25, 0.3) is 0 Å². The third-order valence-corrected chi connectivity index (χ3v) is 1.80. The van der Waals surface area contributed by atoms with Gasteiger partial charge < -0.3 is 9.47 Å². The summed E-state index contributed by atoms with van der Waals surface area (Å²) in [7, 11) is 0. The molecule has 0 spiro atoms. The van der Waals surface area contributed by atoms with Crippen molar-refractivity contribution >= 4 is 11.9 Å². The summed E-state index contributed by atoms with van der Waals surface area (Å²) >= 11 is 0. The molecule has 0 saturated carbocycles. The maximum Gasteiger partial charge on any atom is 0.425 e. The Bertz CT molecular complexity index is 298. The van der Waals surface area contributed by atoms with E-state index in [-0.39, 0.29) is 6.61 Å². The highest BCUT2D eigenvalue weighted by molar-refractivity contribution is 5.81. The summed E-state index contributed by atoms with van der Waals surface area (Å²) in [4.78, 5) is 21.8. The average molecular weight is 254 g/mol. The van der Waals surface area contributed by atoms with E-state index in [1.165, 1.54) is 6.92 Å². The van der Waals surface area contributed by atoms with Crippen LogP contribution in [0.4, 0.5) is 13.2 Å². The van der Waals surface area contributed by atoms with Gasteiger partial charge in [0.05, 0.1) is 5.92 Å². The van der Waals surface area contributed by atoms with Gasteiger partial charge in [-0.15, -0.1) is 0 Å². The molecule has 0 bridgehead atoms. The fourth-order valence-corrected chi connectivity index (χ4v) is 0.691. The van der Waals surface area contributed by atoms with Gasteiger partial charge in [0.1, 0.15) is 6.61 Å². The highest BCUT2D eigenvalue weighted by Gasteiger charge is 2.39. The topological polar surface area (TPSA) is 52.6 Å². The van der Waals surface area contributed by atoms with E-state index >= 15 is 0 Å². The Morgan fingerprint density at radius 3 is 2.29 bits per heavy atom. The highest BCUT2D eigenvalue weighted by Crippen LogP contribution is 2.23. The molecule has 0 aromatic heterocycles. The third-order valence-electron chi connectivity index (χ3n) is 1.80. The van der Waals surface area contributed by atoms with E-state index in [4.69, 9.17) is 0 Å². The molecule has 0 aliphatic carbocycles. The zero-order valence-corrected chi connectivity index (χ0v) is 9.41. The van der Waals surface area contributed by atoms with Gasteiger partial charge in [-0.1, -0.05) is 6.58 Å². The van der Waals surface area contributed by atoms with E-state index in [0.717, 1.165) is 13.0 Å². The minimum atomic E-state index is -4.60. The number of ether oxygens (including phenoxy) is 2. The Kier molecular flexibility index (Phi) is 5.70. The molecule has 17 heavy (non-hydrogen) atoms. The molecule has 0 saturated heterocycles. The third kappa shape index (κ3) is 5.94. The molecule has 0 N–H and O–H groups in total. The predicted octanol–water partition coefficient (Wildman–Crippen LogP) is 1.85. The lowest BCUT2D eigenvalue weighted by Gasteiger charge is -2.18. The highest BCUT2D eigenvalue weighted by atomic mass is 19.4. The van der Waals surface area contributed by atoms with Crippen LogP contribution in [0, 0.1) is 5.92 Å². The van der Waals surface area contributed by atoms with Gasteiger partial charge in [0.2, 0.25) is 0 Å². The Balaban J connectivity index is 4.14. The van der Waals surface area contributed by atoms with Crippen molar-refractivity contribution < 1.29 is 32.2 Å². The molecule has 0 amide bonds. The Morgan fingerprint density at radius 1 is 1.35 bits per heavy atom. The fraction of sp³-hybridized carbons (Fsp3) is 0.600. The molecule has 2 atom stereocenters. The maximum absolute atomic E-state index is 12.1. The van der Waals surface area contributed by atoms with E-state index in [9.17, 15) is 22.8 Å². The molecule has 0 fully saturated rings. The van der Waals surface area contributed by atoms with Gasteiger partial charge >= 0.3 is 18.1 Å². The van der Waals surface area contributed by atoms with Crippen molar-refractivity contribution in [3.05, 3.63) is 12.7 Å². The number of halogens is 3. The monoisotopic (exact) mass is 254 g/mol. The molecule has 0 aromatic carbocycles. The summed E-state index contributed by atoms with van der Waals surface area (Å²) in [5.41, 5.74) is 0. The van der Waals surface area contributed by atoms with Crippen LogP contribution in [0.1, 0.15) is 13.8 Å². The van der Waals surface area contributed by atoms with Crippen LogP contribution >= 0.6 is 0 Å². The van der Waals surface area contributed by atoms with Crippen LogP contribution in [0.5, 0.6) is 0 Å². The summed E-state index contributed by atoms with van der Waals surface area (Å²) in [6.45, 7) is 4.79. The minimum absolute atomic E-state index is 0.353. The molecule has 0 aliphatic heterocycles. The number of hydrogen-bond donors (Lipinski definition) is 0. The second-order valence-corrected chi connectivity index (χ2v) is 3.36. The van der Waals surface area contributed by atoms with Gasteiger partial charge in [-0.05, 0) is 13.8 Å². The summed E-state index contributed by atoms with van der Waals surface area (Å²) in [6.07, 6.45) is -5.91. The zero-order chi connectivity index (χ0) is 13.6. The van der Waals surface area contributed by atoms with Gasteiger partial charge in [0.15, 0.2) is 6.10 Å². The van der Waals surface area contributed by atoms with Crippen LogP contribution in [-0.4, -0.2) is 30.8 Å². The molecule has 0 aromatic rings. The van der Waals surface area contributed by atoms with Gasteiger partial charge in [-0.2, -0.15) is 13.2 Å². The van der Waals surface area contributed by atoms with Crippen LogP contribution in [0.2, 0.25) is 0 Å². The molecule has 2 unspecified atom stereocenters. The zero-order valence-electron chi connectivity index (χ0n) is 9.41. The number of hydrogen-bond acceptors (Lipinski definition) is 4. The summed E-state index contributed by atoms with van der Waals surface area (Å²) in [5, 5.41) is 0. The van der Waals surface area contributed by atoms with Crippen molar-refractivity contribution in [2.24, 2.45) is 5.92 Å². The fourth-order valence-electron chi connectivity index (χ4n) is 0.691. The maximum atomic E-state index is 12.1. The Hall–Kier alpha value is -1.53. The van der Waals surface area contributed by atoms with Gasteiger partial charge in [-0.25, -0.2) is 4.79 Å². The lowest BCUT2D eigenvalue weighted by Crippen LogP contribution is -2.33. The van der Waals surface area contributed by atoms with Crippen molar-refractivity contribution in [3.8, 4) is 0 Å². The molecule has 7 heteroatoms. The number of rotatable bonds is 5. The first-order chi connectivity index (χ1) is 7.68. The average Bonchev–Trinajstić information content (AvgIpc) is 2.23. The predicted molar refractivity (Wildman–Crippen MR) is 51.9 cm³/mol. The van der Waals surface area contributed by atoms with Crippen LogP contribution in [0.3, 0.4) is 0 Å². The normalized spacial score (nSPS) is 14.6. The first kappa shape index (κ1) is 15.5. The van der Waals surface area contributed by atoms with Crippen molar-refractivity contribution in [1.82, 2.24) is 0 Å². The molecule has 0 rings (SSSR count). The van der Waals surface area contributed by atoms with Gasteiger partial charge in [0.25, 0.3) is 0 Å². The molecule has 4 nitrogen and oxygen atoms in total. The molecular formula is C10H13F3O4. The van der Waals surface area contributed by atoms with Crippen LogP contribution in [-0.2, 0) is 19.1 Å². The lowest BCUT2D eigenvalue weighted by molar-refractivity contribution is -0.218. The number of esters is 2.